The normalized spacial score (nSPS) is 14.5. The average molecular weight is 204 g/mol. The summed E-state index contributed by atoms with van der Waals surface area (Å²) in [5.74, 6) is 0. The van der Waals surface area contributed by atoms with Crippen molar-refractivity contribution in [1.29, 1.82) is 0 Å². The van der Waals surface area contributed by atoms with E-state index in [1.54, 1.807) is 0 Å². The number of benzene rings is 1. The topological polar surface area (TPSA) is 0 Å². The Morgan fingerprint density at radius 2 is 1.93 bits per heavy atom. The van der Waals surface area contributed by atoms with E-state index in [1.807, 2.05) is 6.08 Å². The van der Waals surface area contributed by atoms with Crippen LogP contribution in [0.2, 0.25) is 0 Å². The summed E-state index contributed by atoms with van der Waals surface area (Å²) in [7, 11) is 2.32. The number of hydrogen-bond acceptors (Lipinski definition) is 0. The molecule has 1 rings (SSSR count). The van der Waals surface area contributed by atoms with E-state index in [4.69, 9.17) is 0 Å². The van der Waals surface area contributed by atoms with Crippen LogP contribution in [0.4, 0.5) is 0 Å². The molecule has 0 fully saturated rings. The van der Waals surface area contributed by atoms with Gasteiger partial charge in [0.2, 0.25) is 0 Å². The lowest BCUT2D eigenvalue weighted by molar-refractivity contribution is -0.920. The van der Waals surface area contributed by atoms with Gasteiger partial charge in [0.1, 0.15) is 6.54 Å². The van der Waals surface area contributed by atoms with Crippen LogP contribution < -0.4 is 0 Å². The first-order chi connectivity index (χ1) is 7.20. The Hall–Kier alpha value is -1.08. The molecule has 1 nitrogen and oxygen atoms in total. The van der Waals surface area contributed by atoms with Crippen LogP contribution in [-0.2, 0) is 6.54 Å². The first kappa shape index (κ1) is 12.0. The Morgan fingerprint density at radius 3 is 2.47 bits per heavy atom. The molecule has 0 heterocycles. The van der Waals surface area contributed by atoms with Crippen molar-refractivity contribution in [3.05, 3.63) is 48.6 Å². The molecular formula is C14H22N+. The summed E-state index contributed by atoms with van der Waals surface area (Å²) in [6.45, 7) is 9.51. The molecule has 0 aromatic heterocycles. The Morgan fingerprint density at radius 1 is 1.27 bits per heavy atom. The van der Waals surface area contributed by atoms with Crippen LogP contribution in [0.3, 0.4) is 0 Å². The van der Waals surface area contributed by atoms with Crippen LogP contribution >= 0.6 is 0 Å². The van der Waals surface area contributed by atoms with E-state index in [9.17, 15) is 0 Å². The Balaban J connectivity index is 2.63. The Bertz CT molecular complexity index is 291. The third-order valence-corrected chi connectivity index (χ3v) is 3.04. The highest BCUT2D eigenvalue weighted by Gasteiger charge is 2.18. The van der Waals surface area contributed by atoms with E-state index < -0.39 is 0 Å². The summed E-state index contributed by atoms with van der Waals surface area (Å²) in [4.78, 5) is 0. The minimum Gasteiger partial charge on any atom is -0.322 e. The number of quaternary nitrogens is 1. The molecule has 0 aliphatic carbocycles. The van der Waals surface area contributed by atoms with E-state index in [-0.39, 0.29) is 0 Å². The maximum Gasteiger partial charge on any atom is 0.104 e. The second kappa shape index (κ2) is 5.72. The Labute approximate surface area is 93.6 Å². The average Bonchev–Trinajstić information content (AvgIpc) is 2.28. The van der Waals surface area contributed by atoms with E-state index in [1.165, 1.54) is 18.7 Å². The maximum absolute atomic E-state index is 3.80. The molecule has 0 radical (unpaired) electrons. The molecule has 1 unspecified atom stereocenters. The fourth-order valence-corrected chi connectivity index (χ4v) is 1.78. The summed E-state index contributed by atoms with van der Waals surface area (Å²) in [5, 5.41) is 0. The van der Waals surface area contributed by atoms with Gasteiger partial charge in [0.25, 0.3) is 0 Å². The Kier molecular flexibility index (Phi) is 4.57. The molecule has 0 spiro atoms. The van der Waals surface area contributed by atoms with Crippen molar-refractivity contribution in [3.8, 4) is 0 Å². The van der Waals surface area contributed by atoms with Crippen LogP contribution in [0.25, 0.3) is 0 Å². The lowest BCUT2D eigenvalue weighted by Crippen LogP contribution is -2.43. The molecule has 1 heteroatoms. The molecule has 0 aliphatic rings. The van der Waals surface area contributed by atoms with E-state index in [0.29, 0.717) is 0 Å². The van der Waals surface area contributed by atoms with Gasteiger partial charge in [-0.25, -0.2) is 0 Å². The second-order valence-corrected chi connectivity index (χ2v) is 4.38. The van der Waals surface area contributed by atoms with Gasteiger partial charge in [-0.15, -0.1) is 6.58 Å². The van der Waals surface area contributed by atoms with Crippen LogP contribution in [0.5, 0.6) is 0 Å². The summed E-state index contributed by atoms with van der Waals surface area (Å²) in [6.07, 6.45) is 3.11. The SMILES string of the molecule is C=CCC[N+](C)(CC)Cc1ccccc1. The van der Waals surface area contributed by atoms with Crippen molar-refractivity contribution in [1.82, 2.24) is 0 Å². The summed E-state index contributed by atoms with van der Waals surface area (Å²) < 4.78 is 1.09. The zero-order valence-electron chi connectivity index (χ0n) is 9.95. The summed E-state index contributed by atoms with van der Waals surface area (Å²) >= 11 is 0. The first-order valence-corrected chi connectivity index (χ1v) is 5.68. The van der Waals surface area contributed by atoms with Crippen LogP contribution in [0, 0.1) is 0 Å². The van der Waals surface area contributed by atoms with Crippen molar-refractivity contribution in [2.75, 3.05) is 20.1 Å². The van der Waals surface area contributed by atoms with Gasteiger partial charge >= 0.3 is 0 Å². The number of nitrogens with zero attached hydrogens (tertiary/aromatic N) is 1. The highest BCUT2D eigenvalue weighted by atomic mass is 15.3. The van der Waals surface area contributed by atoms with E-state index in [2.05, 4.69) is 50.9 Å². The minimum absolute atomic E-state index is 1.09. The van der Waals surface area contributed by atoms with E-state index in [0.717, 1.165) is 17.4 Å². The van der Waals surface area contributed by atoms with Crippen molar-refractivity contribution in [3.63, 3.8) is 0 Å². The van der Waals surface area contributed by atoms with Gasteiger partial charge in [-0.1, -0.05) is 36.4 Å². The largest absolute Gasteiger partial charge is 0.322 e. The molecule has 15 heavy (non-hydrogen) atoms. The highest BCUT2D eigenvalue weighted by Crippen LogP contribution is 2.12. The van der Waals surface area contributed by atoms with Gasteiger partial charge in [0.05, 0.1) is 20.1 Å². The molecule has 0 aliphatic heterocycles. The summed E-state index contributed by atoms with van der Waals surface area (Å²) in [5.41, 5.74) is 1.42. The zero-order chi connectivity index (χ0) is 11.1. The van der Waals surface area contributed by atoms with Gasteiger partial charge in [-0.2, -0.15) is 0 Å². The minimum atomic E-state index is 1.09. The zero-order valence-corrected chi connectivity index (χ0v) is 9.95. The molecule has 0 bridgehead atoms. The third kappa shape index (κ3) is 3.88. The molecule has 0 amide bonds. The van der Waals surface area contributed by atoms with E-state index >= 15 is 0 Å². The summed E-state index contributed by atoms with van der Waals surface area (Å²) in [6, 6.07) is 10.7. The standard InChI is InChI=1S/C14H22N/c1-4-6-12-15(3,5-2)13-14-10-8-7-9-11-14/h4,7-11H,1,5-6,12-13H2,2-3H3/q+1. The van der Waals surface area contributed by atoms with Gasteiger partial charge in [0, 0.05) is 12.0 Å². The first-order valence-electron chi connectivity index (χ1n) is 5.68. The maximum atomic E-state index is 3.80. The molecule has 0 saturated carbocycles. The van der Waals surface area contributed by atoms with Crippen molar-refractivity contribution in [2.24, 2.45) is 0 Å². The van der Waals surface area contributed by atoms with Crippen molar-refractivity contribution < 1.29 is 4.48 Å². The van der Waals surface area contributed by atoms with Gasteiger partial charge in [0.15, 0.2) is 0 Å². The van der Waals surface area contributed by atoms with Gasteiger partial charge < -0.3 is 4.48 Å². The van der Waals surface area contributed by atoms with Crippen LogP contribution in [-0.4, -0.2) is 24.6 Å². The van der Waals surface area contributed by atoms with Crippen molar-refractivity contribution >= 4 is 0 Å². The second-order valence-electron chi connectivity index (χ2n) is 4.38. The molecular weight excluding hydrogens is 182 g/mol. The van der Waals surface area contributed by atoms with Gasteiger partial charge in [-0.05, 0) is 6.92 Å². The van der Waals surface area contributed by atoms with Crippen LogP contribution in [0.1, 0.15) is 18.9 Å². The van der Waals surface area contributed by atoms with Crippen LogP contribution in [0.15, 0.2) is 43.0 Å². The fourth-order valence-electron chi connectivity index (χ4n) is 1.78. The smallest absolute Gasteiger partial charge is 0.104 e. The molecule has 1 aromatic rings. The number of hydrogen-bond donors (Lipinski definition) is 0. The molecule has 0 saturated heterocycles. The van der Waals surface area contributed by atoms with Crippen molar-refractivity contribution in [2.45, 2.75) is 19.9 Å². The monoisotopic (exact) mass is 204 g/mol. The quantitative estimate of drug-likeness (QED) is 0.493. The predicted molar refractivity (Wildman–Crippen MR) is 66.6 cm³/mol. The predicted octanol–water partition coefficient (Wildman–Crippen LogP) is 3.23. The molecule has 1 aromatic carbocycles. The van der Waals surface area contributed by atoms with Gasteiger partial charge in [-0.3, -0.25) is 0 Å². The molecule has 82 valence electrons. The number of rotatable bonds is 6. The molecule has 0 N–H and O–H groups in total. The third-order valence-electron chi connectivity index (χ3n) is 3.04. The lowest BCUT2D eigenvalue weighted by Gasteiger charge is -2.33. The fraction of sp³-hybridized carbons (Fsp3) is 0.429. The molecule has 1 atom stereocenters. The highest BCUT2D eigenvalue weighted by molar-refractivity contribution is 5.13. The lowest BCUT2D eigenvalue weighted by atomic mass is 10.2.